The number of carbonyl (C=O) groups is 3. The lowest BCUT2D eigenvalue weighted by Gasteiger charge is -2.47. The van der Waals surface area contributed by atoms with Crippen LogP contribution in [0.3, 0.4) is 0 Å². The first kappa shape index (κ1) is 36.8. The van der Waals surface area contributed by atoms with Crippen molar-refractivity contribution < 1.29 is 29.0 Å². The number of amides is 3. The molecule has 3 amide bonds. The van der Waals surface area contributed by atoms with Crippen molar-refractivity contribution in [3.8, 4) is 17.2 Å². The molecule has 5 heterocycles. The standard InChI is InChI=1S/C47H51N5O6/c1-57-42-23-33(8-11-38(42)45-36(30-5-3-2-4-6-30)10-7-31-21-35(53)9-12-37(31)45)50-17-15-29(16-18-50)25-49-19-20-51-34(27-49)28-58-43-24-39-32(22-41(43)51)26-52(47(39)56)40-13-14-44(54)48-46(40)55/h2-6,8-9,11-12,21-24,29,34,36,40,45,53H,7,10,13-20,25-28H2,1H3,(H,48,54,55)/t34-,36+,40-,45-/m0/s1. The van der Waals surface area contributed by atoms with Gasteiger partial charge in [-0.25, -0.2) is 0 Å². The van der Waals surface area contributed by atoms with Gasteiger partial charge < -0.3 is 29.3 Å². The van der Waals surface area contributed by atoms with Gasteiger partial charge in [0.05, 0.1) is 18.8 Å². The number of ether oxygens (including phenoxy) is 2. The summed E-state index contributed by atoms with van der Waals surface area (Å²) in [7, 11) is 1.79. The largest absolute Gasteiger partial charge is 0.508 e. The molecule has 6 aliphatic rings. The highest BCUT2D eigenvalue weighted by atomic mass is 16.5. The van der Waals surface area contributed by atoms with Crippen LogP contribution in [-0.4, -0.2) is 97.7 Å². The van der Waals surface area contributed by atoms with Crippen LogP contribution in [0, 0.1) is 5.92 Å². The second-order valence-electron chi connectivity index (χ2n) is 17.1. The number of fused-ring (bicyclic) bond motifs is 5. The summed E-state index contributed by atoms with van der Waals surface area (Å²) in [6.07, 6.45) is 4.81. The Morgan fingerprint density at radius 1 is 0.828 bits per heavy atom. The van der Waals surface area contributed by atoms with Gasteiger partial charge in [-0.15, -0.1) is 0 Å². The van der Waals surface area contributed by atoms with E-state index in [-0.39, 0.29) is 30.2 Å². The van der Waals surface area contributed by atoms with Gasteiger partial charge in [-0.05, 0) is 96.5 Å². The van der Waals surface area contributed by atoms with Gasteiger partial charge in [-0.2, -0.15) is 0 Å². The molecule has 0 spiro atoms. The van der Waals surface area contributed by atoms with Crippen molar-refractivity contribution in [2.45, 2.75) is 69.0 Å². The molecule has 0 aromatic heterocycles. The Hall–Kier alpha value is -5.55. The summed E-state index contributed by atoms with van der Waals surface area (Å²) in [6, 6.07) is 27.1. The lowest BCUT2D eigenvalue weighted by molar-refractivity contribution is -0.136. The average Bonchev–Trinajstić information content (AvgIpc) is 3.56. The molecule has 0 saturated carbocycles. The highest BCUT2D eigenvalue weighted by molar-refractivity contribution is 6.06. The van der Waals surface area contributed by atoms with Crippen LogP contribution >= 0.6 is 0 Å². The van der Waals surface area contributed by atoms with Crippen molar-refractivity contribution in [1.82, 2.24) is 15.1 Å². The molecule has 300 valence electrons. The van der Waals surface area contributed by atoms with Crippen LogP contribution in [0.15, 0.2) is 78.9 Å². The van der Waals surface area contributed by atoms with Gasteiger partial charge in [-0.1, -0.05) is 42.5 Å². The third-order valence-corrected chi connectivity index (χ3v) is 13.8. The van der Waals surface area contributed by atoms with Crippen LogP contribution in [0.5, 0.6) is 17.2 Å². The number of imide groups is 1. The van der Waals surface area contributed by atoms with E-state index in [1.54, 1.807) is 12.0 Å². The van der Waals surface area contributed by atoms with Crippen LogP contribution in [0.4, 0.5) is 11.4 Å². The first-order valence-corrected chi connectivity index (χ1v) is 21.0. The van der Waals surface area contributed by atoms with E-state index in [0.717, 1.165) is 87.7 Å². The number of phenolic OH excluding ortho intramolecular Hbond substituents is 1. The lowest BCUT2D eigenvalue weighted by Crippen LogP contribution is -2.58. The third kappa shape index (κ3) is 6.63. The van der Waals surface area contributed by atoms with Crippen molar-refractivity contribution in [3.05, 3.63) is 112 Å². The number of phenols is 1. The summed E-state index contributed by atoms with van der Waals surface area (Å²) in [6.45, 7) is 6.83. The van der Waals surface area contributed by atoms with Crippen molar-refractivity contribution >= 4 is 29.1 Å². The van der Waals surface area contributed by atoms with Gasteiger partial charge in [-0.3, -0.25) is 24.6 Å². The van der Waals surface area contributed by atoms with Crippen LogP contribution in [0.25, 0.3) is 0 Å². The van der Waals surface area contributed by atoms with Crippen LogP contribution in [-0.2, 0) is 22.6 Å². The van der Waals surface area contributed by atoms with Crippen molar-refractivity contribution in [2.24, 2.45) is 5.92 Å². The Morgan fingerprint density at radius 2 is 1.66 bits per heavy atom. The third-order valence-electron chi connectivity index (χ3n) is 13.8. The molecule has 0 unspecified atom stereocenters. The Kier molecular flexibility index (Phi) is 9.51. The molecule has 58 heavy (non-hydrogen) atoms. The van der Waals surface area contributed by atoms with Crippen molar-refractivity contribution in [3.63, 3.8) is 0 Å². The molecular weight excluding hydrogens is 731 g/mol. The van der Waals surface area contributed by atoms with E-state index in [1.165, 1.54) is 27.9 Å². The smallest absolute Gasteiger partial charge is 0.255 e. The fourth-order valence-electron chi connectivity index (χ4n) is 10.8. The zero-order valence-corrected chi connectivity index (χ0v) is 33.1. The highest BCUT2D eigenvalue weighted by Crippen LogP contribution is 2.50. The van der Waals surface area contributed by atoms with E-state index >= 15 is 0 Å². The summed E-state index contributed by atoms with van der Waals surface area (Å²) in [4.78, 5) is 46.9. The lowest BCUT2D eigenvalue weighted by atomic mass is 9.69. The van der Waals surface area contributed by atoms with Crippen LogP contribution < -0.4 is 24.6 Å². The van der Waals surface area contributed by atoms with Crippen LogP contribution in [0.2, 0.25) is 0 Å². The minimum Gasteiger partial charge on any atom is -0.508 e. The molecule has 4 atom stereocenters. The molecule has 0 radical (unpaired) electrons. The quantitative estimate of drug-likeness (QED) is 0.224. The van der Waals surface area contributed by atoms with E-state index in [1.807, 2.05) is 18.2 Å². The number of nitrogens with one attached hydrogen (secondary N) is 1. The minimum atomic E-state index is -0.627. The zero-order valence-electron chi connectivity index (χ0n) is 33.1. The second kappa shape index (κ2) is 15.0. The predicted octanol–water partition coefficient (Wildman–Crippen LogP) is 5.82. The molecule has 0 bridgehead atoms. The molecule has 11 nitrogen and oxygen atoms in total. The Morgan fingerprint density at radius 3 is 2.47 bits per heavy atom. The predicted molar refractivity (Wildman–Crippen MR) is 221 cm³/mol. The van der Waals surface area contributed by atoms with E-state index in [9.17, 15) is 19.5 Å². The SMILES string of the molecule is COc1cc(N2CCC(CN3CCN4c5cc6c(cc5OC[C@@H]4C3)C(=O)N([C@H]3CCC(=O)NC3=O)C6)CC2)ccc1[C@@H]1c2ccc(O)cc2CC[C@@H]1c1ccccc1. The zero-order chi connectivity index (χ0) is 39.5. The average molecular weight is 782 g/mol. The molecule has 1 aliphatic carbocycles. The van der Waals surface area contributed by atoms with Crippen molar-refractivity contribution in [1.29, 1.82) is 0 Å². The number of benzene rings is 4. The number of hydrogen-bond acceptors (Lipinski definition) is 9. The van der Waals surface area contributed by atoms with E-state index in [2.05, 4.69) is 80.7 Å². The summed E-state index contributed by atoms with van der Waals surface area (Å²) in [5, 5.41) is 12.7. The van der Waals surface area contributed by atoms with Gasteiger partial charge in [0.15, 0.2) is 0 Å². The van der Waals surface area contributed by atoms with Crippen LogP contribution in [0.1, 0.15) is 82.1 Å². The number of hydrogen-bond donors (Lipinski definition) is 2. The number of methoxy groups -OCH3 is 1. The molecule has 11 heteroatoms. The molecule has 4 aromatic rings. The van der Waals surface area contributed by atoms with Crippen molar-refractivity contribution in [2.75, 3.05) is 62.8 Å². The molecule has 5 aliphatic heterocycles. The number of piperidine rings is 2. The first-order valence-electron chi connectivity index (χ1n) is 21.0. The van der Waals surface area contributed by atoms with Gasteiger partial charge in [0.25, 0.3) is 5.91 Å². The maximum absolute atomic E-state index is 13.4. The van der Waals surface area contributed by atoms with Gasteiger partial charge in [0.2, 0.25) is 11.8 Å². The molecule has 2 N–H and O–H groups in total. The number of carbonyl (C=O) groups excluding carboxylic acids is 3. The second-order valence-corrected chi connectivity index (χ2v) is 17.1. The number of aromatic hydroxyl groups is 1. The Labute approximate surface area is 339 Å². The van der Waals surface area contributed by atoms with Gasteiger partial charge in [0.1, 0.15) is 29.9 Å². The maximum Gasteiger partial charge on any atom is 0.255 e. The molecule has 3 saturated heterocycles. The first-order chi connectivity index (χ1) is 28.3. The van der Waals surface area contributed by atoms with E-state index in [0.29, 0.717) is 42.7 Å². The minimum absolute atomic E-state index is 0.130. The number of piperazine rings is 1. The Bertz CT molecular complexity index is 2260. The highest BCUT2D eigenvalue weighted by Gasteiger charge is 2.42. The van der Waals surface area contributed by atoms with Gasteiger partial charge in [0, 0.05) is 81.0 Å². The normalized spacial score (nSPS) is 24.7. The molecule has 3 fully saturated rings. The number of nitrogens with zero attached hydrogens (tertiary/aromatic N) is 4. The number of rotatable bonds is 7. The maximum atomic E-state index is 13.4. The number of aryl methyl sites for hydroxylation is 1. The molecular formula is C47H51N5O6. The fraction of sp³-hybridized carbons (Fsp3) is 0.426. The van der Waals surface area contributed by atoms with Gasteiger partial charge >= 0.3 is 0 Å². The molecule has 4 aromatic carbocycles. The topological polar surface area (TPSA) is 115 Å². The van der Waals surface area contributed by atoms with E-state index in [4.69, 9.17) is 9.47 Å². The van der Waals surface area contributed by atoms with E-state index < -0.39 is 11.9 Å². The fourth-order valence-corrected chi connectivity index (χ4v) is 10.8. The summed E-state index contributed by atoms with van der Waals surface area (Å²) in [5.74, 6) is 2.20. The molecule has 10 rings (SSSR count). The summed E-state index contributed by atoms with van der Waals surface area (Å²) >= 11 is 0. The monoisotopic (exact) mass is 781 g/mol. The number of anilines is 2. The summed E-state index contributed by atoms with van der Waals surface area (Å²) < 4.78 is 12.5. The Balaban J connectivity index is 0.779. The summed E-state index contributed by atoms with van der Waals surface area (Å²) in [5.41, 5.74) is 8.76.